The monoisotopic (exact) mass is 659 g/mol. The van der Waals surface area contributed by atoms with Crippen molar-refractivity contribution in [2.75, 3.05) is 47.0 Å². The summed E-state index contributed by atoms with van der Waals surface area (Å²) in [5.74, 6) is -0.284. The number of nitrogens with one attached hydrogen (secondary N) is 1. The van der Waals surface area contributed by atoms with Crippen molar-refractivity contribution in [1.29, 1.82) is 0 Å². The molecule has 246 valence electrons. The van der Waals surface area contributed by atoms with Gasteiger partial charge in [-0.2, -0.15) is 18.2 Å². The number of anilines is 4. The topological polar surface area (TPSA) is 132 Å². The number of carbonyl (C=O) groups excluding carboxylic acids is 1. The molecule has 3 saturated heterocycles. The fraction of sp³-hybridized carbons (Fsp3) is 0.484. The Morgan fingerprint density at radius 1 is 1.15 bits per heavy atom. The van der Waals surface area contributed by atoms with Crippen LogP contribution in [0.4, 0.5) is 36.4 Å². The molecule has 5 heterocycles. The third-order valence-corrected chi connectivity index (χ3v) is 11.0. The van der Waals surface area contributed by atoms with Gasteiger partial charge in [0.05, 0.1) is 17.4 Å². The molecule has 0 unspecified atom stereocenters. The minimum atomic E-state index is -5.29. The van der Waals surface area contributed by atoms with Crippen LogP contribution in [0.2, 0.25) is 0 Å². The largest absolute Gasteiger partial charge is 0.497 e. The van der Waals surface area contributed by atoms with Crippen LogP contribution in [0, 0.1) is 5.92 Å². The number of fused-ring (bicyclic) bond motifs is 1. The number of hydrogen-bond acceptors (Lipinski definition) is 10. The number of likely N-dealkylation sites (tertiary alicyclic amines) is 1. The van der Waals surface area contributed by atoms with E-state index < -0.39 is 38.7 Å². The van der Waals surface area contributed by atoms with Gasteiger partial charge < -0.3 is 25.1 Å². The maximum atomic E-state index is 13.1. The number of pyridine rings is 1. The molecular weight excluding hydrogens is 623 g/mol. The summed E-state index contributed by atoms with van der Waals surface area (Å²) in [6, 6.07) is 6.70. The summed E-state index contributed by atoms with van der Waals surface area (Å²) in [6.45, 7) is 9.13. The van der Waals surface area contributed by atoms with E-state index in [-0.39, 0.29) is 18.5 Å². The van der Waals surface area contributed by atoms with E-state index in [2.05, 4.69) is 26.8 Å². The Bertz CT molecular complexity index is 1780. The SMILES string of the molecule is C=CC(=O)N1CC[C@H]1c1ccc(N2C[C@H](CS(=O)(=O)C(F)(F)F)[C@H]2C)c2cnc(Nc3ccnc(N4CCC(C)(O)CC4)n3)cc12. The van der Waals surface area contributed by atoms with Crippen LogP contribution >= 0.6 is 0 Å². The lowest BCUT2D eigenvalue weighted by atomic mass is 9.87. The summed E-state index contributed by atoms with van der Waals surface area (Å²) in [5, 5.41) is 15.1. The standard InChI is InChI=1S/C31H36F3N7O4S/c1-4-28(42)40-12-8-25(40)21-5-6-24(41-17-20(19(41)2)18-46(44,45)31(32,33)34)23-16-36-27(15-22(21)23)37-26-7-11-35-29(38-26)39-13-9-30(3,43)10-14-39/h4-7,11,15-16,19-20,25,43H,1,8-10,12-14,17-18H2,2-3H3,(H,35,36,37,38)/t19-,20-,25+/m1/s1. The highest BCUT2D eigenvalue weighted by Crippen LogP contribution is 2.44. The first-order valence-corrected chi connectivity index (χ1v) is 16.8. The van der Waals surface area contributed by atoms with Gasteiger partial charge in [-0.05, 0) is 68.3 Å². The molecule has 6 rings (SSSR count). The zero-order chi connectivity index (χ0) is 33.0. The summed E-state index contributed by atoms with van der Waals surface area (Å²) in [4.78, 5) is 31.9. The maximum Gasteiger partial charge on any atom is 0.497 e. The van der Waals surface area contributed by atoms with Gasteiger partial charge in [0, 0.05) is 61.6 Å². The van der Waals surface area contributed by atoms with Crippen molar-refractivity contribution in [2.45, 2.75) is 56.3 Å². The number of aliphatic hydroxyl groups is 1. The first kappa shape index (κ1) is 32.0. The molecule has 1 aromatic carbocycles. The van der Waals surface area contributed by atoms with E-state index in [0.29, 0.717) is 50.1 Å². The zero-order valence-corrected chi connectivity index (χ0v) is 26.4. The number of carbonyl (C=O) groups is 1. The molecule has 0 bridgehead atoms. The molecule has 3 atom stereocenters. The Labute approximate surface area is 265 Å². The number of aromatic nitrogens is 3. The molecular formula is C31H36F3N7O4S. The summed E-state index contributed by atoms with van der Waals surface area (Å²) in [5.41, 5.74) is -4.39. The Balaban J connectivity index is 1.30. The second-order valence-corrected chi connectivity index (χ2v) is 14.6. The van der Waals surface area contributed by atoms with Crippen LogP contribution in [0.5, 0.6) is 0 Å². The highest BCUT2D eigenvalue weighted by Gasteiger charge is 2.50. The van der Waals surface area contributed by atoms with Crippen LogP contribution < -0.4 is 15.1 Å². The van der Waals surface area contributed by atoms with Crippen LogP contribution in [0.3, 0.4) is 0 Å². The Hall–Kier alpha value is -3.98. The number of sulfone groups is 1. The van der Waals surface area contributed by atoms with E-state index in [4.69, 9.17) is 0 Å². The van der Waals surface area contributed by atoms with Gasteiger partial charge in [-0.3, -0.25) is 4.79 Å². The first-order chi connectivity index (χ1) is 21.7. The second kappa shape index (κ2) is 11.7. The predicted molar refractivity (Wildman–Crippen MR) is 169 cm³/mol. The summed E-state index contributed by atoms with van der Waals surface area (Å²) >= 11 is 0. The van der Waals surface area contributed by atoms with Gasteiger partial charge in [0.15, 0.2) is 0 Å². The molecule has 1 amide bonds. The predicted octanol–water partition coefficient (Wildman–Crippen LogP) is 4.34. The number of benzene rings is 1. The van der Waals surface area contributed by atoms with Crippen molar-refractivity contribution < 1.29 is 31.5 Å². The Kier molecular flexibility index (Phi) is 8.12. The average molecular weight is 660 g/mol. The molecule has 0 radical (unpaired) electrons. The smallest absolute Gasteiger partial charge is 0.390 e. The van der Waals surface area contributed by atoms with E-state index in [0.717, 1.165) is 28.4 Å². The van der Waals surface area contributed by atoms with Crippen molar-refractivity contribution in [3.8, 4) is 0 Å². The van der Waals surface area contributed by atoms with Gasteiger partial charge in [0.1, 0.15) is 11.6 Å². The molecule has 3 aromatic rings. The number of piperidine rings is 1. The van der Waals surface area contributed by atoms with E-state index in [1.54, 1.807) is 30.3 Å². The normalized spacial score (nSPS) is 23.1. The molecule has 0 aliphatic carbocycles. The third-order valence-electron chi connectivity index (χ3n) is 9.47. The van der Waals surface area contributed by atoms with Crippen LogP contribution in [-0.2, 0) is 14.6 Å². The van der Waals surface area contributed by atoms with E-state index in [1.165, 1.54) is 6.08 Å². The lowest BCUT2D eigenvalue weighted by Crippen LogP contribution is -2.58. The van der Waals surface area contributed by atoms with Crippen molar-refractivity contribution in [1.82, 2.24) is 19.9 Å². The molecule has 11 nitrogen and oxygen atoms in total. The minimum Gasteiger partial charge on any atom is -0.390 e. The molecule has 0 saturated carbocycles. The molecule has 15 heteroatoms. The number of halogens is 3. The molecule has 3 aliphatic rings. The van der Waals surface area contributed by atoms with Gasteiger partial charge >= 0.3 is 5.51 Å². The van der Waals surface area contributed by atoms with Crippen LogP contribution in [0.15, 0.2) is 49.3 Å². The minimum absolute atomic E-state index is 0.144. The number of rotatable bonds is 8. The zero-order valence-electron chi connectivity index (χ0n) is 25.5. The van der Waals surface area contributed by atoms with E-state index in [9.17, 15) is 31.5 Å². The fourth-order valence-corrected chi connectivity index (χ4v) is 7.55. The maximum absolute atomic E-state index is 13.1. The molecule has 0 spiro atoms. The number of alkyl halides is 3. The van der Waals surface area contributed by atoms with Gasteiger partial charge in [0.25, 0.3) is 0 Å². The van der Waals surface area contributed by atoms with Crippen molar-refractivity contribution >= 4 is 49.8 Å². The highest BCUT2D eigenvalue weighted by molar-refractivity contribution is 7.92. The first-order valence-electron chi connectivity index (χ1n) is 15.2. The van der Waals surface area contributed by atoms with Crippen molar-refractivity contribution in [3.05, 3.63) is 54.9 Å². The van der Waals surface area contributed by atoms with Crippen LogP contribution in [0.1, 0.15) is 44.7 Å². The summed E-state index contributed by atoms with van der Waals surface area (Å²) in [6.07, 6.45) is 6.56. The van der Waals surface area contributed by atoms with Crippen LogP contribution in [0.25, 0.3) is 10.8 Å². The Morgan fingerprint density at radius 3 is 2.52 bits per heavy atom. The number of nitrogens with zero attached hydrogens (tertiary/aromatic N) is 6. The van der Waals surface area contributed by atoms with Gasteiger partial charge in [-0.1, -0.05) is 12.6 Å². The fourth-order valence-electron chi connectivity index (χ4n) is 6.41. The summed E-state index contributed by atoms with van der Waals surface area (Å²) < 4.78 is 62.8. The van der Waals surface area contributed by atoms with Gasteiger partial charge in [0.2, 0.25) is 21.7 Å². The lowest BCUT2D eigenvalue weighted by Gasteiger charge is -2.48. The highest BCUT2D eigenvalue weighted by atomic mass is 32.2. The molecule has 2 N–H and O–H groups in total. The molecule has 3 aliphatic heterocycles. The summed E-state index contributed by atoms with van der Waals surface area (Å²) in [7, 11) is -5.24. The lowest BCUT2D eigenvalue weighted by molar-refractivity contribution is -0.133. The number of amides is 1. The number of hydrogen-bond donors (Lipinski definition) is 2. The van der Waals surface area contributed by atoms with Gasteiger partial charge in [-0.25, -0.2) is 18.4 Å². The van der Waals surface area contributed by atoms with E-state index in [1.807, 2.05) is 34.9 Å². The van der Waals surface area contributed by atoms with Crippen molar-refractivity contribution in [2.24, 2.45) is 5.92 Å². The molecule has 3 fully saturated rings. The average Bonchev–Trinajstić information content (AvgIpc) is 2.98. The quantitative estimate of drug-likeness (QED) is 0.337. The van der Waals surface area contributed by atoms with Crippen LogP contribution in [-0.4, -0.2) is 88.4 Å². The molecule has 2 aromatic heterocycles. The Morgan fingerprint density at radius 2 is 1.89 bits per heavy atom. The third kappa shape index (κ3) is 5.97. The second-order valence-electron chi connectivity index (χ2n) is 12.6. The van der Waals surface area contributed by atoms with Gasteiger partial charge in [-0.15, -0.1) is 0 Å². The molecule has 46 heavy (non-hydrogen) atoms. The van der Waals surface area contributed by atoms with Crippen molar-refractivity contribution in [3.63, 3.8) is 0 Å². The van der Waals surface area contributed by atoms with E-state index >= 15 is 0 Å².